The summed E-state index contributed by atoms with van der Waals surface area (Å²) in [4.78, 5) is 41.1. The summed E-state index contributed by atoms with van der Waals surface area (Å²) in [5, 5.41) is 13.3. The highest BCUT2D eigenvalue weighted by atomic mass is 32.1. The second-order valence-corrected chi connectivity index (χ2v) is 6.19. The number of aliphatic carboxylic acids is 1. The first-order valence-corrected chi connectivity index (χ1v) is 8.05. The van der Waals surface area contributed by atoms with E-state index in [4.69, 9.17) is 5.11 Å². The molecule has 0 aliphatic heterocycles. The fourth-order valence-electron chi connectivity index (χ4n) is 2.02. The summed E-state index contributed by atoms with van der Waals surface area (Å²) in [5.74, 6) is -2.31. The van der Waals surface area contributed by atoms with Crippen molar-refractivity contribution in [2.45, 2.75) is 6.92 Å². The molecule has 126 valence electrons. The van der Waals surface area contributed by atoms with Gasteiger partial charge in [0, 0.05) is 31.5 Å². The van der Waals surface area contributed by atoms with Gasteiger partial charge in [-0.3, -0.25) is 19.4 Å². The van der Waals surface area contributed by atoms with Crippen LogP contribution in [-0.2, 0) is 4.79 Å². The summed E-state index contributed by atoms with van der Waals surface area (Å²) in [6, 6.07) is 4.79. The number of amides is 2. The maximum absolute atomic E-state index is 12.5. The van der Waals surface area contributed by atoms with E-state index in [0.29, 0.717) is 16.1 Å². The molecule has 0 radical (unpaired) electrons. The van der Waals surface area contributed by atoms with Crippen molar-refractivity contribution in [2.75, 3.05) is 18.9 Å². The number of carbonyl (C=O) groups is 3. The largest absolute Gasteiger partial charge is 0.481 e. The Morgan fingerprint density at radius 3 is 2.58 bits per heavy atom. The Labute approximate surface area is 142 Å². The minimum atomic E-state index is -0.966. The molecule has 2 aromatic heterocycles. The molecule has 0 saturated heterocycles. The lowest BCUT2D eigenvalue weighted by Gasteiger charge is -2.19. The number of rotatable bonds is 6. The molecule has 8 heteroatoms. The highest BCUT2D eigenvalue weighted by molar-refractivity contribution is 7.12. The van der Waals surface area contributed by atoms with E-state index in [9.17, 15) is 14.4 Å². The number of aromatic nitrogens is 1. The van der Waals surface area contributed by atoms with E-state index in [1.165, 1.54) is 42.6 Å². The number of carboxylic acid groups (broad SMARTS) is 1. The molecule has 2 aromatic rings. The lowest BCUT2D eigenvalue weighted by molar-refractivity contribution is -0.141. The van der Waals surface area contributed by atoms with Crippen LogP contribution < -0.4 is 5.32 Å². The molecule has 0 aliphatic rings. The molecule has 2 amide bonds. The van der Waals surface area contributed by atoms with Gasteiger partial charge in [-0.2, -0.15) is 0 Å². The first kappa shape index (κ1) is 17.6. The quantitative estimate of drug-likeness (QED) is 0.834. The van der Waals surface area contributed by atoms with E-state index in [1.807, 2.05) is 0 Å². The Balaban J connectivity index is 2.10. The molecule has 2 N–H and O–H groups in total. The van der Waals surface area contributed by atoms with Crippen LogP contribution in [0.15, 0.2) is 36.0 Å². The van der Waals surface area contributed by atoms with E-state index in [-0.39, 0.29) is 18.4 Å². The predicted octanol–water partition coefficient (Wildman–Crippen LogP) is 2.19. The molecule has 0 aromatic carbocycles. The van der Waals surface area contributed by atoms with Crippen LogP contribution >= 0.6 is 11.3 Å². The van der Waals surface area contributed by atoms with Gasteiger partial charge < -0.3 is 15.3 Å². The molecule has 2 rings (SSSR count). The Kier molecular flexibility index (Phi) is 5.64. The predicted molar refractivity (Wildman–Crippen MR) is 90.3 cm³/mol. The van der Waals surface area contributed by atoms with Gasteiger partial charge >= 0.3 is 5.97 Å². The molecule has 0 bridgehead atoms. The highest BCUT2D eigenvalue weighted by Gasteiger charge is 2.22. The van der Waals surface area contributed by atoms with E-state index < -0.39 is 11.9 Å². The highest BCUT2D eigenvalue weighted by Crippen LogP contribution is 2.24. The van der Waals surface area contributed by atoms with Crippen molar-refractivity contribution in [1.29, 1.82) is 0 Å². The number of pyridine rings is 1. The number of carbonyl (C=O) groups excluding carboxylic acids is 2. The molecule has 1 atom stereocenters. The van der Waals surface area contributed by atoms with Crippen LogP contribution in [0.3, 0.4) is 0 Å². The average Bonchev–Trinajstić information content (AvgIpc) is 3.02. The third-order valence-electron chi connectivity index (χ3n) is 3.37. The number of carboxylic acids is 1. The Morgan fingerprint density at radius 2 is 1.96 bits per heavy atom. The fraction of sp³-hybridized carbons (Fsp3) is 0.250. The van der Waals surface area contributed by atoms with Crippen molar-refractivity contribution in [3.05, 3.63) is 46.4 Å². The van der Waals surface area contributed by atoms with Crippen LogP contribution in [0.25, 0.3) is 0 Å². The van der Waals surface area contributed by atoms with Crippen molar-refractivity contribution in [3.8, 4) is 0 Å². The van der Waals surface area contributed by atoms with Gasteiger partial charge in [-0.1, -0.05) is 6.92 Å². The summed E-state index contributed by atoms with van der Waals surface area (Å²) in [6.45, 7) is 1.62. The van der Waals surface area contributed by atoms with Crippen molar-refractivity contribution in [1.82, 2.24) is 9.88 Å². The maximum Gasteiger partial charge on any atom is 0.308 e. The number of anilines is 1. The molecular weight excluding hydrogens is 330 g/mol. The zero-order chi connectivity index (χ0) is 17.7. The number of nitrogens with zero attached hydrogens (tertiary/aromatic N) is 2. The molecule has 7 nitrogen and oxygen atoms in total. The average molecular weight is 347 g/mol. The van der Waals surface area contributed by atoms with Gasteiger partial charge in [0.05, 0.1) is 11.6 Å². The number of nitrogens with one attached hydrogen (secondary N) is 1. The van der Waals surface area contributed by atoms with Crippen LogP contribution in [0.4, 0.5) is 5.69 Å². The molecule has 0 fully saturated rings. The summed E-state index contributed by atoms with van der Waals surface area (Å²) in [6.07, 6.45) is 3.02. The molecule has 24 heavy (non-hydrogen) atoms. The first-order valence-electron chi connectivity index (χ1n) is 7.17. The standard InChI is InChI=1S/C16H17N3O4S/c1-10(16(22)23)9-19(2)15(21)13-12(5-8-24-13)18-14(20)11-3-6-17-7-4-11/h3-8,10H,9H2,1-2H3,(H,18,20)(H,22,23). The molecule has 0 aliphatic carbocycles. The first-order chi connectivity index (χ1) is 11.4. The Bertz CT molecular complexity index is 745. The second-order valence-electron chi connectivity index (χ2n) is 5.28. The SMILES string of the molecule is CC(CN(C)C(=O)c1sccc1NC(=O)c1ccncc1)C(=O)O. The van der Waals surface area contributed by atoms with Crippen LogP contribution in [0.1, 0.15) is 27.0 Å². The molecule has 1 unspecified atom stereocenters. The van der Waals surface area contributed by atoms with Crippen LogP contribution in [0.5, 0.6) is 0 Å². The van der Waals surface area contributed by atoms with Crippen LogP contribution in [0.2, 0.25) is 0 Å². The lowest BCUT2D eigenvalue weighted by atomic mass is 10.1. The number of thiophene rings is 1. The van der Waals surface area contributed by atoms with Crippen LogP contribution in [0, 0.1) is 5.92 Å². The Morgan fingerprint density at radius 1 is 1.29 bits per heavy atom. The Hall–Kier alpha value is -2.74. The van der Waals surface area contributed by atoms with Gasteiger partial charge in [0.2, 0.25) is 0 Å². The third kappa shape index (κ3) is 4.17. The van der Waals surface area contributed by atoms with Crippen molar-refractivity contribution in [3.63, 3.8) is 0 Å². The van der Waals surface area contributed by atoms with Gasteiger partial charge in [0.25, 0.3) is 11.8 Å². The van der Waals surface area contributed by atoms with E-state index in [0.717, 1.165) is 0 Å². The fourth-order valence-corrected chi connectivity index (χ4v) is 2.86. The second kappa shape index (κ2) is 7.69. The third-order valence-corrected chi connectivity index (χ3v) is 4.27. The molecule has 0 saturated carbocycles. The monoisotopic (exact) mass is 347 g/mol. The minimum absolute atomic E-state index is 0.0871. The zero-order valence-electron chi connectivity index (χ0n) is 13.2. The van der Waals surface area contributed by atoms with Gasteiger partial charge in [0.1, 0.15) is 4.88 Å². The maximum atomic E-state index is 12.5. The molecule has 0 spiro atoms. The topological polar surface area (TPSA) is 99.6 Å². The summed E-state index contributed by atoms with van der Waals surface area (Å²) < 4.78 is 0. The lowest BCUT2D eigenvalue weighted by Crippen LogP contribution is -2.33. The summed E-state index contributed by atoms with van der Waals surface area (Å²) in [5.41, 5.74) is 0.837. The minimum Gasteiger partial charge on any atom is -0.481 e. The van der Waals surface area contributed by atoms with E-state index >= 15 is 0 Å². The normalized spacial score (nSPS) is 11.6. The summed E-state index contributed by atoms with van der Waals surface area (Å²) in [7, 11) is 1.54. The van der Waals surface area contributed by atoms with Gasteiger partial charge in [-0.25, -0.2) is 0 Å². The number of hydrogen-bond donors (Lipinski definition) is 2. The van der Waals surface area contributed by atoms with E-state index in [1.54, 1.807) is 23.6 Å². The van der Waals surface area contributed by atoms with Gasteiger partial charge in [-0.05, 0) is 23.6 Å². The van der Waals surface area contributed by atoms with Crippen molar-refractivity contribution in [2.24, 2.45) is 5.92 Å². The molecule has 2 heterocycles. The zero-order valence-corrected chi connectivity index (χ0v) is 14.0. The number of hydrogen-bond acceptors (Lipinski definition) is 5. The van der Waals surface area contributed by atoms with E-state index in [2.05, 4.69) is 10.3 Å². The van der Waals surface area contributed by atoms with Crippen molar-refractivity contribution < 1.29 is 19.5 Å². The van der Waals surface area contributed by atoms with Gasteiger partial charge in [0.15, 0.2) is 0 Å². The molecular formula is C16H17N3O4S. The smallest absolute Gasteiger partial charge is 0.308 e. The van der Waals surface area contributed by atoms with Gasteiger partial charge in [-0.15, -0.1) is 11.3 Å². The van der Waals surface area contributed by atoms with Crippen molar-refractivity contribution >= 4 is 34.8 Å². The van der Waals surface area contributed by atoms with Crippen LogP contribution in [-0.4, -0.2) is 46.4 Å². The summed E-state index contributed by atoms with van der Waals surface area (Å²) >= 11 is 1.19.